The van der Waals surface area contributed by atoms with Gasteiger partial charge in [-0.25, -0.2) is 4.98 Å². The predicted octanol–water partition coefficient (Wildman–Crippen LogP) is 2.20. The average Bonchev–Trinajstić information content (AvgIpc) is 2.75. The molecular formula is C14H21N3OS. The topological polar surface area (TPSA) is 53.1 Å². The number of aryl methyl sites for hydroxylation is 2. The molecule has 0 fully saturated rings. The molecule has 1 aromatic heterocycles. The monoisotopic (exact) mass is 279 g/mol. The van der Waals surface area contributed by atoms with E-state index in [9.17, 15) is 0 Å². The van der Waals surface area contributed by atoms with Crippen LogP contribution in [0.3, 0.4) is 0 Å². The SMILES string of the molecule is CCc1ccc2c(c1)nc(SCCOCCN)n2C. The Morgan fingerprint density at radius 2 is 2.21 bits per heavy atom. The quantitative estimate of drug-likeness (QED) is 0.623. The fourth-order valence-electron chi connectivity index (χ4n) is 1.95. The van der Waals surface area contributed by atoms with Gasteiger partial charge >= 0.3 is 0 Å². The van der Waals surface area contributed by atoms with Gasteiger partial charge in [0, 0.05) is 19.3 Å². The summed E-state index contributed by atoms with van der Waals surface area (Å²) in [6.45, 7) is 4.08. The molecule has 0 atom stereocenters. The van der Waals surface area contributed by atoms with Crippen molar-refractivity contribution in [3.63, 3.8) is 0 Å². The molecule has 4 nitrogen and oxygen atoms in total. The second-order valence-corrected chi connectivity index (χ2v) is 5.44. The zero-order chi connectivity index (χ0) is 13.7. The van der Waals surface area contributed by atoms with Gasteiger partial charge in [0.2, 0.25) is 0 Å². The minimum Gasteiger partial charge on any atom is -0.379 e. The van der Waals surface area contributed by atoms with Crippen LogP contribution in [0.25, 0.3) is 11.0 Å². The van der Waals surface area contributed by atoms with E-state index in [1.807, 2.05) is 0 Å². The van der Waals surface area contributed by atoms with Crippen LogP contribution < -0.4 is 5.73 Å². The molecule has 0 radical (unpaired) electrons. The van der Waals surface area contributed by atoms with Crippen LogP contribution >= 0.6 is 11.8 Å². The van der Waals surface area contributed by atoms with Crippen LogP contribution in [-0.4, -0.2) is 35.1 Å². The van der Waals surface area contributed by atoms with E-state index < -0.39 is 0 Å². The standard InChI is InChI=1S/C14H21N3OS/c1-3-11-4-5-13-12(10-11)16-14(17(13)2)19-9-8-18-7-6-15/h4-5,10H,3,6-9,15H2,1-2H3. The van der Waals surface area contributed by atoms with Gasteiger partial charge in [-0.05, 0) is 24.1 Å². The zero-order valence-corrected chi connectivity index (χ0v) is 12.4. The number of hydrogen-bond acceptors (Lipinski definition) is 4. The Morgan fingerprint density at radius 3 is 2.95 bits per heavy atom. The van der Waals surface area contributed by atoms with Crippen LogP contribution in [0.4, 0.5) is 0 Å². The van der Waals surface area contributed by atoms with Crippen LogP contribution in [0.5, 0.6) is 0 Å². The van der Waals surface area contributed by atoms with E-state index in [2.05, 4.69) is 41.7 Å². The van der Waals surface area contributed by atoms with Gasteiger partial charge in [-0.15, -0.1) is 0 Å². The summed E-state index contributed by atoms with van der Waals surface area (Å²) >= 11 is 1.72. The van der Waals surface area contributed by atoms with Crippen molar-refractivity contribution in [2.24, 2.45) is 12.8 Å². The van der Waals surface area contributed by atoms with E-state index >= 15 is 0 Å². The van der Waals surface area contributed by atoms with Crippen LogP contribution in [0.1, 0.15) is 12.5 Å². The average molecular weight is 279 g/mol. The van der Waals surface area contributed by atoms with Gasteiger partial charge in [-0.1, -0.05) is 24.8 Å². The first kappa shape index (κ1) is 14.4. The zero-order valence-electron chi connectivity index (χ0n) is 11.6. The van der Waals surface area contributed by atoms with E-state index in [1.54, 1.807) is 11.8 Å². The van der Waals surface area contributed by atoms with Crippen molar-refractivity contribution < 1.29 is 4.74 Å². The van der Waals surface area contributed by atoms with E-state index in [4.69, 9.17) is 10.5 Å². The molecule has 0 saturated heterocycles. The van der Waals surface area contributed by atoms with Crippen molar-refractivity contribution in [1.29, 1.82) is 0 Å². The van der Waals surface area contributed by atoms with E-state index in [1.165, 1.54) is 11.1 Å². The number of rotatable bonds is 7. The molecule has 0 unspecified atom stereocenters. The molecule has 0 spiro atoms. The van der Waals surface area contributed by atoms with E-state index in [0.717, 1.165) is 22.8 Å². The maximum atomic E-state index is 5.38. The number of ether oxygens (including phenoxy) is 1. The van der Waals surface area contributed by atoms with Gasteiger partial charge in [0.25, 0.3) is 0 Å². The molecule has 2 aromatic rings. The van der Waals surface area contributed by atoms with Crippen molar-refractivity contribution in [3.8, 4) is 0 Å². The largest absolute Gasteiger partial charge is 0.379 e. The minimum atomic E-state index is 0.580. The lowest BCUT2D eigenvalue weighted by molar-refractivity contribution is 0.158. The summed E-state index contributed by atoms with van der Waals surface area (Å²) in [4.78, 5) is 4.68. The minimum absolute atomic E-state index is 0.580. The fraction of sp³-hybridized carbons (Fsp3) is 0.500. The van der Waals surface area contributed by atoms with Gasteiger partial charge < -0.3 is 15.0 Å². The number of imidazole rings is 1. The molecule has 0 aliphatic heterocycles. The summed E-state index contributed by atoms with van der Waals surface area (Å²) < 4.78 is 7.51. The number of nitrogens with two attached hydrogens (primary N) is 1. The normalized spacial score (nSPS) is 11.3. The molecule has 2 rings (SSSR count). The van der Waals surface area contributed by atoms with Gasteiger partial charge in [-0.3, -0.25) is 0 Å². The molecular weight excluding hydrogens is 258 g/mol. The molecule has 2 N–H and O–H groups in total. The first-order chi connectivity index (χ1) is 9.26. The number of aromatic nitrogens is 2. The van der Waals surface area contributed by atoms with Crippen molar-refractivity contribution in [1.82, 2.24) is 9.55 Å². The van der Waals surface area contributed by atoms with Crippen LogP contribution in [0.15, 0.2) is 23.4 Å². The maximum Gasteiger partial charge on any atom is 0.168 e. The Labute approximate surface area is 118 Å². The highest BCUT2D eigenvalue weighted by atomic mass is 32.2. The fourth-order valence-corrected chi connectivity index (χ4v) is 2.79. The summed E-state index contributed by atoms with van der Waals surface area (Å²) in [7, 11) is 2.06. The second kappa shape index (κ2) is 6.93. The third-order valence-electron chi connectivity index (χ3n) is 3.03. The lowest BCUT2D eigenvalue weighted by atomic mass is 10.1. The van der Waals surface area contributed by atoms with Crippen LogP contribution in [0.2, 0.25) is 0 Å². The second-order valence-electron chi connectivity index (χ2n) is 4.38. The molecule has 0 aliphatic rings. The van der Waals surface area contributed by atoms with Crippen molar-refractivity contribution in [2.75, 3.05) is 25.5 Å². The Bertz CT molecular complexity index is 539. The Kier molecular flexibility index (Phi) is 5.24. The molecule has 0 amide bonds. The van der Waals surface area contributed by atoms with Crippen LogP contribution in [-0.2, 0) is 18.2 Å². The third-order valence-corrected chi connectivity index (χ3v) is 4.03. The van der Waals surface area contributed by atoms with E-state index in [-0.39, 0.29) is 0 Å². The highest BCUT2D eigenvalue weighted by Crippen LogP contribution is 2.23. The summed E-state index contributed by atoms with van der Waals surface area (Å²) in [5.41, 5.74) is 8.96. The van der Waals surface area contributed by atoms with Gasteiger partial charge in [0.1, 0.15) is 0 Å². The summed E-state index contributed by atoms with van der Waals surface area (Å²) in [5.74, 6) is 0.901. The Hall–Kier alpha value is -1.04. The van der Waals surface area contributed by atoms with Crippen molar-refractivity contribution in [3.05, 3.63) is 23.8 Å². The highest BCUT2D eigenvalue weighted by molar-refractivity contribution is 7.99. The molecule has 0 bridgehead atoms. The molecule has 1 aromatic carbocycles. The van der Waals surface area contributed by atoms with E-state index in [0.29, 0.717) is 19.8 Å². The van der Waals surface area contributed by atoms with Crippen molar-refractivity contribution in [2.45, 2.75) is 18.5 Å². The Morgan fingerprint density at radius 1 is 1.37 bits per heavy atom. The highest BCUT2D eigenvalue weighted by Gasteiger charge is 2.08. The van der Waals surface area contributed by atoms with Crippen LogP contribution in [0, 0.1) is 0 Å². The van der Waals surface area contributed by atoms with Gasteiger partial charge in [-0.2, -0.15) is 0 Å². The summed E-state index contributed by atoms with van der Waals surface area (Å²) in [6, 6.07) is 6.49. The number of nitrogens with zero attached hydrogens (tertiary/aromatic N) is 2. The number of benzene rings is 1. The lowest BCUT2D eigenvalue weighted by Crippen LogP contribution is -2.10. The first-order valence-electron chi connectivity index (χ1n) is 6.62. The van der Waals surface area contributed by atoms with Crippen molar-refractivity contribution >= 4 is 22.8 Å². The molecule has 5 heteroatoms. The van der Waals surface area contributed by atoms with Gasteiger partial charge in [0.15, 0.2) is 5.16 Å². The molecule has 19 heavy (non-hydrogen) atoms. The summed E-state index contributed by atoms with van der Waals surface area (Å²) in [5, 5.41) is 1.04. The van der Waals surface area contributed by atoms with Gasteiger partial charge in [0.05, 0.1) is 24.2 Å². The summed E-state index contributed by atoms with van der Waals surface area (Å²) in [6.07, 6.45) is 1.04. The molecule has 0 saturated carbocycles. The maximum absolute atomic E-state index is 5.38. The predicted molar refractivity (Wildman–Crippen MR) is 80.7 cm³/mol. The third kappa shape index (κ3) is 3.49. The number of fused-ring (bicyclic) bond motifs is 1. The Balaban J connectivity index is 2.04. The number of hydrogen-bond donors (Lipinski definition) is 1. The smallest absolute Gasteiger partial charge is 0.168 e. The molecule has 104 valence electrons. The molecule has 1 heterocycles. The first-order valence-corrected chi connectivity index (χ1v) is 7.60. The number of thioether (sulfide) groups is 1. The molecule has 0 aliphatic carbocycles. The lowest BCUT2D eigenvalue weighted by Gasteiger charge is -2.03.